The topological polar surface area (TPSA) is 154 Å². The molecule has 0 saturated carbocycles. The van der Waals surface area contributed by atoms with Gasteiger partial charge in [-0.05, 0) is 45.2 Å². The van der Waals surface area contributed by atoms with E-state index in [0.29, 0.717) is 38.8 Å². The van der Waals surface area contributed by atoms with Crippen molar-refractivity contribution in [2.24, 2.45) is 17.2 Å². The molecule has 0 saturated heterocycles. The monoisotopic (exact) mass is 290 g/mol. The van der Waals surface area contributed by atoms with Crippen molar-refractivity contribution in [2.75, 3.05) is 13.1 Å². The lowest BCUT2D eigenvalue weighted by Gasteiger charge is -2.18. The first kappa shape index (κ1) is 18.8. The predicted molar refractivity (Wildman–Crippen MR) is 74.4 cm³/mol. The van der Waals surface area contributed by atoms with Crippen LogP contribution in [0.2, 0.25) is 0 Å². The minimum Gasteiger partial charge on any atom is -0.341 e. The van der Waals surface area contributed by atoms with E-state index in [2.05, 4.69) is 10.2 Å². The normalized spacial score (nSPS) is 13.6. The van der Waals surface area contributed by atoms with Crippen LogP contribution in [-0.4, -0.2) is 42.3 Å². The minimum atomic E-state index is -0.903. The molecule has 118 valence electrons. The van der Waals surface area contributed by atoms with E-state index in [1.54, 1.807) is 0 Å². The molecular formula is C12H26N4O4. The van der Waals surface area contributed by atoms with Crippen molar-refractivity contribution in [3.63, 3.8) is 0 Å². The molecular weight excluding hydrogens is 264 g/mol. The number of carbonyl (C=O) groups is 2. The first-order valence-electron chi connectivity index (χ1n) is 6.88. The first-order valence-corrected chi connectivity index (χ1v) is 6.88. The molecule has 0 unspecified atom stereocenters. The number of hydrogen-bond donors (Lipinski definition) is 5. The van der Waals surface area contributed by atoms with Gasteiger partial charge in [0.1, 0.15) is 6.04 Å². The quantitative estimate of drug-likeness (QED) is 0.187. The summed E-state index contributed by atoms with van der Waals surface area (Å²) in [4.78, 5) is 26.8. The molecule has 1 amide bonds. The summed E-state index contributed by atoms with van der Waals surface area (Å²) in [7, 11) is 0. The molecule has 0 spiro atoms. The van der Waals surface area contributed by atoms with Gasteiger partial charge in [-0.2, -0.15) is 5.26 Å². The summed E-state index contributed by atoms with van der Waals surface area (Å²) in [6.07, 6.45) is 3.73. The Bertz CT molecular complexity index is 289. The van der Waals surface area contributed by atoms with Crippen LogP contribution in [0, 0.1) is 0 Å². The van der Waals surface area contributed by atoms with Crippen LogP contribution in [0.1, 0.15) is 38.5 Å². The van der Waals surface area contributed by atoms with E-state index in [9.17, 15) is 9.59 Å². The molecule has 0 aromatic heterocycles. The second kappa shape index (κ2) is 11.6. The molecule has 2 atom stereocenters. The Morgan fingerprint density at radius 3 is 2.10 bits per heavy atom. The van der Waals surface area contributed by atoms with Gasteiger partial charge >= 0.3 is 5.97 Å². The Labute approximate surface area is 118 Å². The van der Waals surface area contributed by atoms with Crippen LogP contribution in [-0.2, 0) is 14.5 Å². The molecule has 8 N–H and O–H groups in total. The van der Waals surface area contributed by atoms with Gasteiger partial charge in [-0.1, -0.05) is 6.42 Å². The average Bonchev–Trinajstić information content (AvgIpc) is 2.45. The molecule has 0 aliphatic rings. The lowest BCUT2D eigenvalue weighted by Crippen LogP contribution is -2.48. The predicted octanol–water partition coefficient (Wildman–Crippen LogP) is -0.927. The summed E-state index contributed by atoms with van der Waals surface area (Å²) in [6.45, 7) is 1.04. The van der Waals surface area contributed by atoms with Crippen molar-refractivity contribution in [1.29, 1.82) is 0 Å². The van der Waals surface area contributed by atoms with Crippen molar-refractivity contribution in [1.82, 2.24) is 5.32 Å². The molecule has 0 aromatic carbocycles. The Hall–Kier alpha value is -1.22. The Morgan fingerprint density at radius 2 is 1.60 bits per heavy atom. The van der Waals surface area contributed by atoms with Crippen molar-refractivity contribution in [3.05, 3.63) is 0 Å². The van der Waals surface area contributed by atoms with Crippen LogP contribution in [0.5, 0.6) is 0 Å². The fourth-order valence-corrected chi connectivity index (χ4v) is 1.72. The van der Waals surface area contributed by atoms with Gasteiger partial charge in [0, 0.05) is 0 Å². The fourth-order valence-electron chi connectivity index (χ4n) is 1.72. The van der Waals surface area contributed by atoms with Crippen LogP contribution in [0.3, 0.4) is 0 Å². The molecule has 0 heterocycles. The van der Waals surface area contributed by atoms with E-state index in [1.807, 2.05) is 0 Å². The number of carbonyl (C=O) groups excluding carboxylic acids is 2. The summed E-state index contributed by atoms with van der Waals surface area (Å²) in [6, 6.07) is -1.61. The number of unbranched alkanes of at least 4 members (excludes halogenated alkanes) is 2. The first-order chi connectivity index (χ1) is 9.56. The molecule has 8 heteroatoms. The summed E-state index contributed by atoms with van der Waals surface area (Å²) < 4.78 is 0. The highest BCUT2D eigenvalue weighted by Gasteiger charge is 2.24. The van der Waals surface area contributed by atoms with E-state index in [4.69, 9.17) is 22.5 Å². The minimum absolute atomic E-state index is 0.345. The molecule has 0 aliphatic heterocycles. The van der Waals surface area contributed by atoms with E-state index < -0.39 is 24.0 Å². The number of hydrogen-bond acceptors (Lipinski definition) is 7. The molecule has 0 rings (SSSR count). The third-order valence-corrected chi connectivity index (χ3v) is 2.94. The van der Waals surface area contributed by atoms with Crippen molar-refractivity contribution in [3.8, 4) is 0 Å². The molecule has 20 heavy (non-hydrogen) atoms. The number of nitrogens with one attached hydrogen (secondary N) is 1. The molecule has 0 radical (unpaired) electrons. The summed E-state index contributed by atoms with van der Waals surface area (Å²) >= 11 is 0. The lowest BCUT2D eigenvalue weighted by molar-refractivity contribution is -0.236. The average molecular weight is 290 g/mol. The van der Waals surface area contributed by atoms with E-state index in [0.717, 1.165) is 12.8 Å². The number of rotatable bonds is 11. The van der Waals surface area contributed by atoms with Gasteiger partial charge in [0.05, 0.1) is 6.04 Å². The van der Waals surface area contributed by atoms with Gasteiger partial charge in [0.2, 0.25) is 5.91 Å². The van der Waals surface area contributed by atoms with Crippen LogP contribution in [0.15, 0.2) is 0 Å². The van der Waals surface area contributed by atoms with E-state index in [1.165, 1.54) is 0 Å². The smallest absolute Gasteiger partial charge is 0.341 e. The highest BCUT2D eigenvalue weighted by atomic mass is 17.1. The van der Waals surface area contributed by atoms with Crippen molar-refractivity contribution in [2.45, 2.75) is 50.6 Å². The SMILES string of the molecule is NCCCC[C@H](NC(=O)[C@@H](N)CCCCN)C(=O)OO. The maximum atomic E-state index is 11.8. The molecule has 0 fully saturated rings. The van der Waals surface area contributed by atoms with Crippen LogP contribution >= 0.6 is 0 Å². The van der Waals surface area contributed by atoms with Gasteiger partial charge in [0.25, 0.3) is 0 Å². The van der Waals surface area contributed by atoms with Gasteiger partial charge in [-0.15, -0.1) is 0 Å². The van der Waals surface area contributed by atoms with Gasteiger partial charge in [-0.3, -0.25) is 9.68 Å². The van der Waals surface area contributed by atoms with Gasteiger partial charge in [0.15, 0.2) is 0 Å². The van der Waals surface area contributed by atoms with Crippen molar-refractivity contribution < 1.29 is 19.7 Å². The van der Waals surface area contributed by atoms with Gasteiger partial charge in [-0.25, -0.2) is 4.79 Å². The highest BCUT2D eigenvalue weighted by Crippen LogP contribution is 2.04. The zero-order chi connectivity index (χ0) is 15.4. The Kier molecular flexibility index (Phi) is 10.9. The van der Waals surface area contributed by atoms with Crippen LogP contribution in [0.25, 0.3) is 0 Å². The molecule has 0 aromatic rings. The largest absolute Gasteiger partial charge is 0.364 e. The summed E-state index contributed by atoms with van der Waals surface area (Å²) in [5.41, 5.74) is 16.4. The standard InChI is InChI=1S/C12H26N4O4/c13-7-3-1-5-9(15)11(17)16-10(12(18)20-19)6-2-4-8-14/h9-10,19H,1-8,13-15H2,(H,16,17)/t9-,10-/m0/s1. The van der Waals surface area contributed by atoms with E-state index in [-0.39, 0.29) is 0 Å². The Morgan fingerprint density at radius 1 is 1.05 bits per heavy atom. The highest BCUT2D eigenvalue weighted by molar-refractivity contribution is 5.87. The molecule has 0 bridgehead atoms. The number of amides is 1. The van der Waals surface area contributed by atoms with Crippen molar-refractivity contribution >= 4 is 11.9 Å². The maximum absolute atomic E-state index is 11.8. The molecule has 8 nitrogen and oxygen atoms in total. The summed E-state index contributed by atoms with van der Waals surface area (Å²) in [5.74, 6) is -1.34. The summed E-state index contributed by atoms with van der Waals surface area (Å²) in [5, 5.41) is 10.9. The molecule has 0 aliphatic carbocycles. The third-order valence-electron chi connectivity index (χ3n) is 2.94. The number of nitrogens with two attached hydrogens (primary N) is 3. The third kappa shape index (κ3) is 8.05. The van der Waals surface area contributed by atoms with Crippen LogP contribution in [0.4, 0.5) is 0 Å². The fraction of sp³-hybridized carbons (Fsp3) is 0.833. The second-order valence-corrected chi connectivity index (χ2v) is 4.65. The zero-order valence-corrected chi connectivity index (χ0v) is 11.7. The zero-order valence-electron chi connectivity index (χ0n) is 11.7. The maximum Gasteiger partial charge on any atom is 0.364 e. The Balaban J connectivity index is 4.25. The second-order valence-electron chi connectivity index (χ2n) is 4.65. The lowest BCUT2D eigenvalue weighted by atomic mass is 10.1. The van der Waals surface area contributed by atoms with E-state index >= 15 is 0 Å². The van der Waals surface area contributed by atoms with Crippen LogP contribution < -0.4 is 22.5 Å². The van der Waals surface area contributed by atoms with Gasteiger partial charge < -0.3 is 22.5 Å².